The van der Waals surface area contributed by atoms with E-state index in [-0.39, 0.29) is 0 Å². The first kappa shape index (κ1) is 17.8. The summed E-state index contributed by atoms with van der Waals surface area (Å²) in [6, 6.07) is 24.5. The monoisotopic (exact) mass is 446 g/mol. The molecule has 0 unspecified atom stereocenters. The Balaban J connectivity index is 1.37. The quantitative estimate of drug-likeness (QED) is 0.243. The van der Waals surface area contributed by atoms with Gasteiger partial charge in [-0.15, -0.1) is 0 Å². The second kappa shape index (κ2) is 6.10. The molecule has 0 amide bonds. The predicted molar refractivity (Wildman–Crippen MR) is 140 cm³/mol. The van der Waals surface area contributed by atoms with E-state index in [4.69, 9.17) is 4.98 Å². The van der Waals surface area contributed by atoms with Crippen LogP contribution in [0.1, 0.15) is 22.3 Å². The van der Waals surface area contributed by atoms with Crippen molar-refractivity contribution in [3.05, 3.63) is 108 Å². The summed E-state index contributed by atoms with van der Waals surface area (Å²) in [6.45, 7) is 0. The highest BCUT2D eigenvalue weighted by atomic mass is 15.1. The first-order valence-electron chi connectivity index (χ1n) is 12.0. The van der Waals surface area contributed by atoms with Gasteiger partial charge in [-0.2, -0.15) is 0 Å². The topological polar surface area (TPSA) is 43.1 Å². The summed E-state index contributed by atoms with van der Waals surface area (Å²) in [6.07, 6.45) is 7.64. The van der Waals surface area contributed by atoms with E-state index >= 15 is 0 Å². The van der Waals surface area contributed by atoms with Crippen molar-refractivity contribution < 1.29 is 0 Å². The maximum atomic E-state index is 5.04. The third-order valence-electron chi connectivity index (χ3n) is 7.92. The van der Waals surface area contributed by atoms with Crippen molar-refractivity contribution >= 4 is 38.5 Å². The van der Waals surface area contributed by atoms with Gasteiger partial charge in [0.15, 0.2) is 5.65 Å². The largest absolute Gasteiger partial charge is 0.276 e. The zero-order valence-corrected chi connectivity index (χ0v) is 18.8. The molecule has 0 spiro atoms. The van der Waals surface area contributed by atoms with E-state index in [1.54, 1.807) is 0 Å². The molecule has 2 aliphatic rings. The van der Waals surface area contributed by atoms with Crippen LogP contribution in [0.15, 0.2) is 85.3 Å². The van der Waals surface area contributed by atoms with Crippen LogP contribution in [0, 0.1) is 0 Å². The minimum absolute atomic E-state index is 0.886. The Morgan fingerprint density at radius 1 is 0.600 bits per heavy atom. The van der Waals surface area contributed by atoms with Gasteiger partial charge < -0.3 is 0 Å². The second-order valence-corrected chi connectivity index (χ2v) is 9.74. The number of hydrogen-bond acceptors (Lipinski definition) is 3. The molecule has 4 heterocycles. The summed E-state index contributed by atoms with van der Waals surface area (Å²) >= 11 is 0. The van der Waals surface area contributed by atoms with Crippen LogP contribution in [-0.4, -0.2) is 19.4 Å². The third-order valence-corrected chi connectivity index (χ3v) is 7.92. The molecular weight excluding hydrogens is 428 g/mol. The van der Waals surface area contributed by atoms with E-state index in [1.165, 1.54) is 49.9 Å². The molecule has 3 aromatic carbocycles. The molecule has 0 atom stereocenters. The molecule has 0 saturated heterocycles. The fraction of sp³-hybridized carbons (Fsp3) is 0.0645. The summed E-state index contributed by atoms with van der Waals surface area (Å²) in [5.74, 6) is 0. The summed E-state index contributed by atoms with van der Waals surface area (Å²) in [5, 5.41) is 3.49. The van der Waals surface area contributed by atoms with Gasteiger partial charge in [0.05, 0.1) is 5.52 Å². The molecular formula is C31H18N4. The molecule has 2 aliphatic carbocycles. The van der Waals surface area contributed by atoms with Gasteiger partial charge >= 0.3 is 0 Å². The molecule has 4 heteroatoms. The molecule has 0 aliphatic heterocycles. The van der Waals surface area contributed by atoms with E-state index < -0.39 is 0 Å². The molecule has 9 rings (SSSR count). The molecule has 0 bridgehead atoms. The second-order valence-electron chi connectivity index (χ2n) is 9.74. The standard InChI is InChI=1S/C31H18N4/c1-2-5-21-17(4-1)10-18-13-23-19(12-22(18)21)11-20-14-25-26(15-24(20)23)30-34-28-6-3-8-33-31(28)35(30)29-7-9-32-16-27(25)29/h1-9,12-16H,10-11H2. The zero-order valence-electron chi connectivity index (χ0n) is 18.8. The lowest BCUT2D eigenvalue weighted by molar-refractivity contribution is 1.23. The number of aromatic nitrogens is 4. The summed E-state index contributed by atoms with van der Waals surface area (Å²) in [4.78, 5) is 14.2. The first-order valence-corrected chi connectivity index (χ1v) is 12.0. The highest BCUT2D eigenvalue weighted by Gasteiger charge is 2.26. The van der Waals surface area contributed by atoms with E-state index in [0.29, 0.717) is 0 Å². The minimum atomic E-state index is 0.886. The maximum absolute atomic E-state index is 5.04. The van der Waals surface area contributed by atoms with Gasteiger partial charge in [-0.25, -0.2) is 9.97 Å². The summed E-state index contributed by atoms with van der Waals surface area (Å²) < 4.78 is 2.19. The van der Waals surface area contributed by atoms with E-state index in [9.17, 15) is 0 Å². The van der Waals surface area contributed by atoms with Gasteiger partial charge in [-0.1, -0.05) is 24.3 Å². The predicted octanol–water partition coefficient (Wildman–Crippen LogP) is 6.73. The van der Waals surface area contributed by atoms with Crippen molar-refractivity contribution in [2.24, 2.45) is 0 Å². The Bertz CT molecular complexity index is 2070. The number of nitrogens with zero attached hydrogens (tertiary/aromatic N) is 4. The number of hydrogen-bond donors (Lipinski definition) is 0. The van der Waals surface area contributed by atoms with Crippen molar-refractivity contribution in [2.45, 2.75) is 12.8 Å². The van der Waals surface area contributed by atoms with Gasteiger partial charge in [0.25, 0.3) is 0 Å². The molecule has 35 heavy (non-hydrogen) atoms. The number of rotatable bonds is 0. The van der Waals surface area contributed by atoms with Gasteiger partial charge in [0.1, 0.15) is 11.2 Å². The van der Waals surface area contributed by atoms with Crippen molar-refractivity contribution in [3.63, 3.8) is 0 Å². The molecule has 162 valence electrons. The number of benzene rings is 3. The number of imidazole rings is 1. The third kappa shape index (κ3) is 2.20. The molecule has 0 saturated carbocycles. The van der Waals surface area contributed by atoms with Crippen LogP contribution < -0.4 is 0 Å². The van der Waals surface area contributed by atoms with Crippen LogP contribution in [0.2, 0.25) is 0 Å². The summed E-state index contributed by atoms with van der Waals surface area (Å²) in [7, 11) is 0. The van der Waals surface area contributed by atoms with Crippen molar-refractivity contribution in [1.29, 1.82) is 0 Å². The highest BCUT2D eigenvalue weighted by molar-refractivity contribution is 6.15. The molecule has 4 nitrogen and oxygen atoms in total. The van der Waals surface area contributed by atoms with Crippen LogP contribution >= 0.6 is 0 Å². The molecule has 4 aromatic heterocycles. The van der Waals surface area contributed by atoms with Crippen LogP contribution in [0.5, 0.6) is 0 Å². The lowest BCUT2D eigenvalue weighted by atomic mass is 9.96. The number of pyridine rings is 3. The fourth-order valence-electron chi connectivity index (χ4n) is 6.39. The van der Waals surface area contributed by atoms with Crippen LogP contribution in [0.25, 0.3) is 60.7 Å². The van der Waals surface area contributed by atoms with Gasteiger partial charge in [0, 0.05) is 29.4 Å². The normalized spacial score (nSPS) is 13.5. The van der Waals surface area contributed by atoms with Crippen LogP contribution in [-0.2, 0) is 12.8 Å². The Kier molecular flexibility index (Phi) is 3.11. The van der Waals surface area contributed by atoms with E-state index in [1.807, 2.05) is 30.7 Å². The van der Waals surface area contributed by atoms with Crippen molar-refractivity contribution in [2.75, 3.05) is 0 Å². The lowest BCUT2D eigenvalue weighted by Crippen LogP contribution is -1.94. The average Bonchev–Trinajstić information content (AvgIpc) is 3.57. The molecule has 7 aromatic rings. The lowest BCUT2D eigenvalue weighted by Gasteiger charge is -2.11. The smallest absolute Gasteiger partial charge is 0.164 e. The highest BCUT2D eigenvalue weighted by Crippen LogP contribution is 2.46. The molecule has 0 N–H and O–H groups in total. The fourth-order valence-corrected chi connectivity index (χ4v) is 6.39. The van der Waals surface area contributed by atoms with E-state index in [2.05, 4.69) is 69.0 Å². The SMILES string of the molecule is c1ccc2c(c1)Cc1cc3c(cc1-2)Cc1cc2c4cnccc4n4c5ncccc5nc4c2cc1-3. The van der Waals surface area contributed by atoms with Crippen LogP contribution in [0.4, 0.5) is 0 Å². The molecule has 0 radical (unpaired) electrons. The Morgan fingerprint density at radius 3 is 2.34 bits per heavy atom. The first-order chi connectivity index (χ1) is 17.3. The summed E-state index contributed by atoms with van der Waals surface area (Å²) in [5.41, 5.74) is 15.0. The maximum Gasteiger partial charge on any atom is 0.164 e. The Morgan fingerprint density at radius 2 is 1.40 bits per heavy atom. The van der Waals surface area contributed by atoms with Gasteiger partial charge in [-0.05, 0) is 105 Å². The zero-order chi connectivity index (χ0) is 22.7. The van der Waals surface area contributed by atoms with Gasteiger partial charge in [0.2, 0.25) is 0 Å². The Hall–Kier alpha value is -4.57. The van der Waals surface area contributed by atoms with Gasteiger partial charge in [-0.3, -0.25) is 9.38 Å². The minimum Gasteiger partial charge on any atom is -0.276 e. The average molecular weight is 447 g/mol. The van der Waals surface area contributed by atoms with E-state index in [0.717, 1.165) is 45.9 Å². The van der Waals surface area contributed by atoms with Crippen molar-refractivity contribution in [3.8, 4) is 22.3 Å². The Labute approximate surface area is 200 Å². The van der Waals surface area contributed by atoms with Crippen molar-refractivity contribution in [1.82, 2.24) is 19.4 Å². The number of fused-ring (bicyclic) bond motifs is 14. The van der Waals surface area contributed by atoms with Crippen LogP contribution in [0.3, 0.4) is 0 Å². The molecule has 0 fully saturated rings.